The highest BCUT2D eigenvalue weighted by molar-refractivity contribution is 9.10. The minimum Gasteiger partial charge on any atom is -0.423 e. The minimum absolute atomic E-state index is 0.0697. The third kappa shape index (κ3) is 11.6. The molecule has 0 spiro atoms. The van der Waals surface area contributed by atoms with Crippen molar-refractivity contribution in [3.05, 3.63) is 161 Å². The number of aromatic nitrogens is 8. The van der Waals surface area contributed by atoms with Gasteiger partial charge in [0, 0.05) is 84.9 Å². The number of hydrogen-bond donors (Lipinski definition) is 4. The highest BCUT2D eigenvalue weighted by Gasteiger charge is 2.24. The lowest BCUT2D eigenvalue weighted by Gasteiger charge is -2.26. The number of rotatable bonds is 10. The number of nitrogens with zero attached hydrogens (tertiary/aromatic N) is 10. The van der Waals surface area contributed by atoms with Crippen LogP contribution in [0.25, 0.3) is 22.2 Å². The molecule has 0 radical (unpaired) electrons. The molecule has 0 saturated heterocycles. The van der Waals surface area contributed by atoms with E-state index in [1.54, 1.807) is 82.4 Å². The number of pyridine rings is 6. The van der Waals surface area contributed by atoms with E-state index in [0.717, 1.165) is 38.4 Å². The molecule has 0 saturated carbocycles. The van der Waals surface area contributed by atoms with Crippen LogP contribution in [-0.2, 0) is 0 Å². The van der Waals surface area contributed by atoms with E-state index in [2.05, 4.69) is 56.7 Å². The van der Waals surface area contributed by atoms with E-state index in [1.165, 1.54) is 42.4 Å². The van der Waals surface area contributed by atoms with Crippen LogP contribution in [0.3, 0.4) is 0 Å². The van der Waals surface area contributed by atoms with Crippen molar-refractivity contribution in [3.63, 3.8) is 0 Å². The molecular weight excluding hydrogens is 938 g/mol. The molecule has 21 heteroatoms. The number of anilines is 2. The summed E-state index contributed by atoms with van der Waals surface area (Å²) in [6, 6.07) is 19.8. The highest BCUT2D eigenvalue weighted by Crippen LogP contribution is 2.27. The lowest BCUT2D eigenvalue weighted by molar-refractivity contribution is 0.0950. The summed E-state index contributed by atoms with van der Waals surface area (Å²) in [5, 5.41) is 31.0. The maximum atomic E-state index is 13.4. The molecule has 8 aromatic heterocycles. The molecule has 0 aliphatic rings. The van der Waals surface area contributed by atoms with Gasteiger partial charge in [-0.2, -0.15) is 10.2 Å². The highest BCUT2D eigenvalue weighted by atomic mass is 79.9. The van der Waals surface area contributed by atoms with Crippen LogP contribution >= 0.6 is 15.9 Å². The van der Waals surface area contributed by atoms with Crippen molar-refractivity contribution in [2.45, 2.75) is 46.7 Å². The Morgan fingerprint density at radius 3 is 1.65 bits per heavy atom. The summed E-state index contributed by atoms with van der Waals surface area (Å²) in [6.45, 7) is 9.65. The largest absolute Gasteiger partial charge is 0.490 e. The second kappa shape index (κ2) is 22.2. The molecule has 4 N–H and O–H groups in total. The Balaban J connectivity index is 0.000000184. The Morgan fingerprint density at radius 1 is 0.647 bits per heavy atom. The standard InChI is InChI=1S/C24H24N6O2.C16H14BrFN4O.C7H9BN2O3/c1-15(2)30(22-8-5-16(3)12-27-22)24(32)17-9-10-29-21(11-17)19(14-28-29)18-6-7-20(26-13-18)23(31)25-4;1-10(2)22(15-4-3-12(18)8-19-15)16(23)11-5-6-21-14(7-11)13(17)9-20-21;1-9-7(11)6-3-2-5(4-10-6)8(12)13/h5-15H,1-4H3,(H,25,31);3-10H,1-2H3;2-4,12-13H,1H3,(H,9,11). The number of nitrogens with one attached hydrogen (secondary N) is 2. The van der Waals surface area contributed by atoms with E-state index in [9.17, 15) is 23.6 Å². The zero-order chi connectivity index (χ0) is 49.2. The normalized spacial score (nSPS) is 10.8. The molecule has 18 nitrogen and oxygen atoms in total. The van der Waals surface area contributed by atoms with Gasteiger partial charge in [0.25, 0.3) is 23.6 Å². The summed E-state index contributed by atoms with van der Waals surface area (Å²) in [7, 11) is 1.51. The van der Waals surface area contributed by atoms with Gasteiger partial charge in [-0.05, 0) is 111 Å². The molecule has 0 bridgehead atoms. The van der Waals surface area contributed by atoms with Gasteiger partial charge in [-0.3, -0.25) is 38.9 Å². The SMILES string of the molecule is CC(C)N(C(=O)c1ccn2ncc(Br)c2c1)c1ccc(F)cn1.CNC(=O)c1ccc(-c2cnn3ccc(C(=O)N(c4ccc(C)cn4)C(C)C)cc23)cn1.CNC(=O)c1ccc(B(O)O)cn1. The molecule has 0 unspecified atom stereocenters. The third-order valence-corrected chi connectivity index (χ3v) is 10.8. The Morgan fingerprint density at radius 2 is 1.18 bits per heavy atom. The molecule has 68 heavy (non-hydrogen) atoms. The first-order chi connectivity index (χ1) is 32.5. The van der Waals surface area contributed by atoms with Gasteiger partial charge in [-0.25, -0.2) is 23.4 Å². The number of fused-ring (bicyclic) bond motifs is 2. The van der Waals surface area contributed by atoms with Crippen molar-refractivity contribution in [1.29, 1.82) is 0 Å². The van der Waals surface area contributed by atoms with Gasteiger partial charge >= 0.3 is 7.12 Å². The van der Waals surface area contributed by atoms with Crippen LogP contribution in [0.2, 0.25) is 0 Å². The van der Waals surface area contributed by atoms with Crippen LogP contribution in [-0.4, -0.2) is 106 Å². The molecule has 0 aliphatic carbocycles. The number of aryl methyl sites for hydroxylation is 1. The molecule has 0 atom stereocenters. The number of carbonyl (C=O) groups is 4. The Labute approximate surface area is 399 Å². The van der Waals surface area contributed by atoms with Crippen molar-refractivity contribution >= 4 is 74.8 Å². The van der Waals surface area contributed by atoms with Crippen LogP contribution < -0.4 is 25.9 Å². The molecule has 0 aliphatic heterocycles. The van der Waals surface area contributed by atoms with E-state index >= 15 is 0 Å². The van der Waals surface area contributed by atoms with E-state index in [-0.39, 0.29) is 46.9 Å². The van der Waals surface area contributed by atoms with Crippen molar-refractivity contribution in [2.75, 3.05) is 23.9 Å². The number of amides is 4. The summed E-state index contributed by atoms with van der Waals surface area (Å²) in [4.78, 5) is 68.7. The van der Waals surface area contributed by atoms with Crippen LogP contribution in [0.5, 0.6) is 0 Å². The van der Waals surface area contributed by atoms with Crippen LogP contribution in [0.4, 0.5) is 16.0 Å². The van der Waals surface area contributed by atoms with Crippen molar-refractivity contribution in [2.24, 2.45) is 0 Å². The molecule has 8 aromatic rings. The summed E-state index contributed by atoms with van der Waals surface area (Å²) in [5.41, 5.74) is 6.10. The second-order valence-corrected chi connectivity index (χ2v) is 16.4. The lowest BCUT2D eigenvalue weighted by atomic mass is 9.82. The number of halogens is 2. The van der Waals surface area contributed by atoms with Gasteiger partial charge in [-0.1, -0.05) is 18.2 Å². The molecule has 8 rings (SSSR count). The first kappa shape index (κ1) is 49.7. The molecule has 348 valence electrons. The van der Waals surface area contributed by atoms with E-state index in [0.29, 0.717) is 28.5 Å². The fraction of sp³-hybridized carbons (Fsp3) is 0.191. The van der Waals surface area contributed by atoms with Gasteiger partial charge in [0.2, 0.25) is 0 Å². The van der Waals surface area contributed by atoms with Gasteiger partial charge in [0.15, 0.2) is 0 Å². The minimum atomic E-state index is -1.55. The van der Waals surface area contributed by atoms with Crippen molar-refractivity contribution in [3.8, 4) is 11.1 Å². The summed E-state index contributed by atoms with van der Waals surface area (Å²) in [6.07, 6.45) is 12.6. The molecule has 0 fully saturated rings. The number of carbonyl (C=O) groups excluding carboxylic acids is 4. The van der Waals surface area contributed by atoms with Gasteiger partial charge < -0.3 is 20.7 Å². The maximum Gasteiger partial charge on any atom is 0.490 e. The Kier molecular flexibility index (Phi) is 16.2. The summed E-state index contributed by atoms with van der Waals surface area (Å²) in [5.74, 6) is -0.304. The summed E-state index contributed by atoms with van der Waals surface area (Å²) >= 11 is 3.41. The predicted molar refractivity (Wildman–Crippen MR) is 259 cm³/mol. The second-order valence-electron chi connectivity index (χ2n) is 15.5. The Hall–Kier alpha value is -7.75. The topological polar surface area (TPSA) is 225 Å². The molecular formula is C47H47BBrFN12O6. The van der Waals surface area contributed by atoms with Gasteiger partial charge in [-0.15, -0.1) is 0 Å². The summed E-state index contributed by atoms with van der Waals surface area (Å²) < 4.78 is 17.3. The third-order valence-electron chi connectivity index (χ3n) is 10.1. The molecule has 8 heterocycles. The predicted octanol–water partition coefficient (Wildman–Crippen LogP) is 5.32. The van der Waals surface area contributed by atoms with E-state index < -0.39 is 12.9 Å². The zero-order valence-corrected chi connectivity index (χ0v) is 39.6. The fourth-order valence-electron chi connectivity index (χ4n) is 6.65. The van der Waals surface area contributed by atoms with Crippen LogP contribution in [0, 0.1) is 12.7 Å². The van der Waals surface area contributed by atoms with Gasteiger partial charge in [0.05, 0.1) is 34.1 Å². The number of hydrogen-bond acceptors (Lipinski definition) is 12. The lowest BCUT2D eigenvalue weighted by Crippen LogP contribution is -2.37. The Bertz CT molecular complexity index is 3040. The first-order valence-electron chi connectivity index (χ1n) is 21.1. The molecule has 4 amide bonds. The fourth-order valence-corrected chi connectivity index (χ4v) is 7.04. The van der Waals surface area contributed by atoms with Gasteiger partial charge in [0.1, 0.15) is 28.8 Å². The average Bonchev–Trinajstić information content (AvgIpc) is 3.95. The monoisotopic (exact) mass is 984 g/mol. The quantitative estimate of drug-likeness (QED) is 0.128. The smallest absolute Gasteiger partial charge is 0.423 e. The van der Waals surface area contributed by atoms with Crippen LogP contribution in [0.1, 0.15) is 75.0 Å². The first-order valence-corrected chi connectivity index (χ1v) is 21.8. The van der Waals surface area contributed by atoms with Crippen LogP contribution in [0.15, 0.2) is 127 Å². The van der Waals surface area contributed by atoms with Crippen molar-refractivity contribution < 1.29 is 33.6 Å². The van der Waals surface area contributed by atoms with Crippen molar-refractivity contribution in [1.82, 2.24) is 49.8 Å². The van der Waals surface area contributed by atoms with E-state index in [4.69, 9.17) is 10.0 Å². The maximum absolute atomic E-state index is 13.4. The average molecular weight is 986 g/mol. The van der Waals surface area contributed by atoms with E-state index in [1.807, 2.05) is 58.9 Å². The zero-order valence-electron chi connectivity index (χ0n) is 38.0. The molecule has 0 aromatic carbocycles.